The summed E-state index contributed by atoms with van der Waals surface area (Å²) in [6, 6.07) is 0. The Kier molecular flexibility index (Phi) is 2.04. The fourth-order valence-corrected chi connectivity index (χ4v) is 1.88. The van der Waals surface area contributed by atoms with Gasteiger partial charge in [-0.25, -0.2) is 0 Å². The minimum atomic E-state index is 0.145. The Labute approximate surface area is 76.9 Å². The minimum absolute atomic E-state index is 0.145. The van der Waals surface area contributed by atoms with E-state index in [1.54, 1.807) is 0 Å². The molecule has 1 aliphatic carbocycles. The molecule has 0 aromatic heterocycles. The lowest BCUT2D eigenvalue weighted by Crippen LogP contribution is -2.31. The largest absolute Gasteiger partial charge is 0.330 e. The monoisotopic (exact) mass is 179 g/mol. The van der Waals surface area contributed by atoms with Gasteiger partial charge in [-0.15, -0.1) is 0 Å². The fourth-order valence-electron chi connectivity index (χ4n) is 1.88. The Balaban J connectivity index is 2.19. The lowest BCUT2D eigenvalue weighted by molar-refractivity contribution is -0.120. The van der Waals surface area contributed by atoms with Gasteiger partial charge in [0.15, 0.2) is 0 Å². The molecule has 0 aromatic carbocycles. The van der Waals surface area contributed by atoms with Crippen molar-refractivity contribution in [2.45, 2.75) is 32.1 Å². The molecule has 0 bridgehead atoms. The lowest BCUT2D eigenvalue weighted by atomic mass is 9.89. The van der Waals surface area contributed by atoms with E-state index in [-0.39, 0.29) is 5.91 Å². The Morgan fingerprint density at radius 1 is 1.23 bits per heavy atom. The maximum absolute atomic E-state index is 11.1. The van der Waals surface area contributed by atoms with Crippen LogP contribution in [0.3, 0.4) is 0 Å². The maximum Gasteiger partial charge on any atom is 0.224 e. The SMILES string of the molecule is NN=C1CCC2=C(CCC(=O)N2)C1. The Bertz CT molecular complexity index is 304. The van der Waals surface area contributed by atoms with E-state index in [4.69, 9.17) is 5.84 Å². The molecule has 0 saturated carbocycles. The summed E-state index contributed by atoms with van der Waals surface area (Å²) in [4.78, 5) is 11.1. The molecule has 3 N–H and O–H groups in total. The predicted molar refractivity (Wildman–Crippen MR) is 49.9 cm³/mol. The number of nitrogens with two attached hydrogens (primary N) is 1. The normalized spacial score (nSPS) is 25.8. The number of carbonyl (C=O) groups is 1. The number of hydrogen-bond donors (Lipinski definition) is 2. The summed E-state index contributed by atoms with van der Waals surface area (Å²) in [5.41, 5.74) is 3.48. The summed E-state index contributed by atoms with van der Waals surface area (Å²) >= 11 is 0. The Hall–Kier alpha value is -1.32. The first-order chi connectivity index (χ1) is 6.29. The molecule has 2 rings (SSSR count). The third-order valence-corrected chi connectivity index (χ3v) is 2.63. The van der Waals surface area contributed by atoms with Crippen LogP contribution in [-0.4, -0.2) is 11.6 Å². The van der Waals surface area contributed by atoms with Crippen LogP contribution in [0.2, 0.25) is 0 Å². The van der Waals surface area contributed by atoms with Crippen LogP contribution in [0.15, 0.2) is 16.4 Å². The molecule has 70 valence electrons. The molecule has 1 heterocycles. The summed E-state index contributed by atoms with van der Waals surface area (Å²) in [5, 5.41) is 6.64. The first-order valence-electron chi connectivity index (χ1n) is 4.56. The zero-order valence-corrected chi connectivity index (χ0v) is 7.47. The molecule has 0 spiro atoms. The molecule has 0 saturated heterocycles. The van der Waals surface area contributed by atoms with Crippen LogP contribution in [0.5, 0.6) is 0 Å². The second-order valence-corrected chi connectivity index (χ2v) is 3.50. The van der Waals surface area contributed by atoms with Crippen LogP contribution in [-0.2, 0) is 4.79 Å². The molecular formula is C9H13N3O. The van der Waals surface area contributed by atoms with Gasteiger partial charge in [-0.3, -0.25) is 4.79 Å². The van der Waals surface area contributed by atoms with E-state index in [0.29, 0.717) is 6.42 Å². The van der Waals surface area contributed by atoms with E-state index in [2.05, 4.69) is 10.4 Å². The van der Waals surface area contributed by atoms with Crippen molar-refractivity contribution in [1.29, 1.82) is 0 Å². The minimum Gasteiger partial charge on any atom is -0.330 e. The summed E-state index contributed by atoms with van der Waals surface area (Å²) in [6.45, 7) is 0. The molecule has 0 aromatic rings. The highest BCUT2D eigenvalue weighted by Crippen LogP contribution is 2.27. The number of carbonyl (C=O) groups excluding carboxylic acids is 1. The number of nitrogens with one attached hydrogen (secondary N) is 1. The standard InChI is InChI=1S/C9H13N3O/c10-12-7-2-3-8-6(5-7)1-4-9(13)11-8/h1-5,10H2,(H,11,13). The van der Waals surface area contributed by atoms with E-state index in [1.165, 1.54) is 5.57 Å². The second kappa shape index (κ2) is 3.20. The van der Waals surface area contributed by atoms with E-state index in [9.17, 15) is 4.79 Å². The summed E-state index contributed by atoms with van der Waals surface area (Å²) in [6.07, 6.45) is 4.11. The molecular weight excluding hydrogens is 166 g/mol. The molecule has 0 radical (unpaired) electrons. The average molecular weight is 179 g/mol. The molecule has 1 amide bonds. The average Bonchev–Trinajstić information content (AvgIpc) is 2.17. The van der Waals surface area contributed by atoms with Crippen molar-refractivity contribution < 1.29 is 4.79 Å². The summed E-state index contributed by atoms with van der Waals surface area (Å²) in [5.74, 6) is 5.38. The van der Waals surface area contributed by atoms with Gasteiger partial charge in [0.05, 0.1) is 0 Å². The van der Waals surface area contributed by atoms with Gasteiger partial charge in [0.2, 0.25) is 5.91 Å². The molecule has 13 heavy (non-hydrogen) atoms. The van der Waals surface area contributed by atoms with Crippen LogP contribution in [0.4, 0.5) is 0 Å². The zero-order chi connectivity index (χ0) is 9.26. The number of hydrazone groups is 1. The van der Waals surface area contributed by atoms with E-state index in [1.807, 2.05) is 0 Å². The van der Waals surface area contributed by atoms with Crippen LogP contribution in [0.25, 0.3) is 0 Å². The van der Waals surface area contributed by atoms with Gasteiger partial charge in [-0.1, -0.05) is 0 Å². The molecule has 1 aliphatic heterocycles. The molecule has 4 heteroatoms. The van der Waals surface area contributed by atoms with Gasteiger partial charge in [0, 0.05) is 24.3 Å². The van der Waals surface area contributed by atoms with E-state index < -0.39 is 0 Å². The topological polar surface area (TPSA) is 67.5 Å². The van der Waals surface area contributed by atoms with Crippen molar-refractivity contribution in [3.05, 3.63) is 11.3 Å². The van der Waals surface area contributed by atoms with Crippen molar-refractivity contribution in [1.82, 2.24) is 5.32 Å². The van der Waals surface area contributed by atoms with Crippen LogP contribution >= 0.6 is 0 Å². The molecule has 0 unspecified atom stereocenters. The maximum atomic E-state index is 11.1. The third-order valence-electron chi connectivity index (χ3n) is 2.63. The lowest BCUT2D eigenvalue weighted by Gasteiger charge is -2.25. The summed E-state index contributed by atoms with van der Waals surface area (Å²) < 4.78 is 0. The van der Waals surface area contributed by atoms with Gasteiger partial charge < -0.3 is 11.2 Å². The van der Waals surface area contributed by atoms with Crippen molar-refractivity contribution >= 4 is 11.6 Å². The van der Waals surface area contributed by atoms with E-state index >= 15 is 0 Å². The number of allylic oxidation sites excluding steroid dienone is 2. The van der Waals surface area contributed by atoms with Crippen molar-refractivity contribution in [3.8, 4) is 0 Å². The van der Waals surface area contributed by atoms with Gasteiger partial charge in [0.25, 0.3) is 0 Å². The highest BCUT2D eigenvalue weighted by atomic mass is 16.1. The number of rotatable bonds is 0. The summed E-state index contributed by atoms with van der Waals surface area (Å²) in [7, 11) is 0. The molecule has 0 atom stereocenters. The number of amides is 1. The van der Waals surface area contributed by atoms with Crippen LogP contribution in [0.1, 0.15) is 32.1 Å². The smallest absolute Gasteiger partial charge is 0.224 e. The van der Waals surface area contributed by atoms with Gasteiger partial charge in [-0.2, -0.15) is 5.10 Å². The van der Waals surface area contributed by atoms with Crippen molar-refractivity contribution in [2.75, 3.05) is 0 Å². The van der Waals surface area contributed by atoms with Crippen LogP contribution < -0.4 is 11.2 Å². The number of hydrogen-bond acceptors (Lipinski definition) is 3. The molecule has 4 nitrogen and oxygen atoms in total. The quantitative estimate of drug-likeness (QED) is 0.423. The highest BCUT2D eigenvalue weighted by Gasteiger charge is 2.22. The number of nitrogens with zero attached hydrogens (tertiary/aromatic N) is 1. The Morgan fingerprint density at radius 2 is 2.08 bits per heavy atom. The predicted octanol–water partition coefficient (Wildman–Crippen LogP) is 0.649. The van der Waals surface area contributed by atoms with Crippen molar-refractivity contribution in [2.24, 2.45) is 10.9 Å². The Morgan fingerprint density at radius 3 is 2.85 bits per heavy atom. The third kappa shape index (κ3) is 1.56. The first kappa shape index (κ1) is 8.29. The van der Waals surface area contributed by atoms with Gasteiger partial charge >= 0.3 is 0 Å². The van der Waals surface area contributed by atoms with Gasteiger partial charge in [-0.05, 0) is 24.8 Å². The molecule has 0 fully saturated rings. The first-order valence-corrected chi connectivity index (χ1v) is 4.56. The highest BCUT2D eigenvalue weighted by molar-refractivity contribution is 5.89. The van der Waals surface area contributed by atoms with Crippen LogP contribution in [0, 0.1) is 0 Å². The van der Waals surface area contributed by atoms with Gasteiger partial charge in [0.1, 0.15) is 0 Å². The molecule has 2 aliphatic rings. The fraction of sp³-hybridized carbons (Fsp3) is 0.556. The second-order valence-electron chi connectivity index (χ2n) is 3.50. The van der Waals surface area contributed by atoms with Crippen molar-refractivity contribution in [3.63, 3.8) is 0 Å². The zero-order valence-electron chi connectivity index (χ0n) is 7.47. The van der Waals surface area contributed by atoms with E-state index in [0.717, 1.165) is 37.1 Å².